The van der Waals surface area contributed by atoms with Gasteiger partial charge in [-0.25, -0.2) is 13.3 Å². The summed E-state index contributed by atoms with van der Waals surface area (Å²) >= 11 is 0. The minimum Gasteiger partial charge on any atom is -0.367 e. The van der Waals surface area contributed by atoms with Crippen molar-refractivity contribution in [2.75, 3.05) is 16.0 Å². The molecule has 5 rings (SSSR count). The summed E-state index contributed by atoms with van der Waals surface area (Å²) in [6.45, 7) is 2.98. The molecule has 13 heteroatoms. The zero-order valence-corrected chi connectivity index (χ0v) is 22.2. The quantitative estimate of drug-likeness (QED) is 0.518. The van der Waals surface area contributed by atoms with Gasteiger partial charge in [0.15, 0.2) is 9.84 Å². The van der Waals surface area contributed by atoms with Gasteiger partial charge < -0.3 is 10.1 Å². The largest absolute Gasteiger partial charge is 0.417 e. The maximum atomic E-state index is 13.7. The van der Waals surface area contributed by atoms with Gasteiger partial charge in [-0.15, -0.1) is 0 Å². The number of hydrogen-bond acceptors (Lipinski definition) is 7. The van der Waals surface area contributed by atoms with Crippen LogP contribution in [0.3, 0.4) is 0 Å². The lowest BCUT2D eigenvalue weighted by molar-refractivity contribution is -0.138. The second-order valence-corrected chi connectivity index (χ2v) is 12.7. The van der Waals surface area contributed by atoms with E-state index in [9.17, 15) is 36.0 Å². The molecule has 3 fully saturated rings. The summed E-state index contributed by atoms with van der Waals surface area (Å²) in [6, 6.07) is 9.72. The summed E-state index contributed by atoms with van der Waals surface area (Å²) in [5.41, 5.74) is -4.16. The zero-order valence-electron chi connectivity index (χ0n) is 21.4. The SMILES string of the molecule is CC(=O)Nc1ccc(S(=O)(=O)CCC23CCC(C)(O2)C2C(=O)N(c4ccc(C#N)c(C(F)(F)F)c4)C(=O)C23)cc1. The summed E-state index contributed by atoms with van der Waals surface area (Å²) < 4.78 is 73.3. The number of amides is 3. The van der Waals surface area contributed by atoms with Gasteiger partial charge in [0.1, 0.15) is 0 Å². The van der Waals surface area contributed by atoms with Crippen LogP contribution in [0.15, 0.2) is 47.4 Å². The molecule has 3 heterocycles. The molecule has 9 nitrogen and oxygen atoms in total. The molecular formula is C27H24F3N3O6S. The topological polar surface area (TPSA) is 134 Å². The number of ether oxygens (including phenoxy) is 1. The van der Waals surface area contributed by atoms with Gasteiger partial charge in [-0.05, 0) is 68.7 Å². The van der Waals surface area contributed by atoms with Crippen LogP contribution >= 0.6 is 0 Å². The molecule has 2 aromatic rings. The lowest BCUT2D eigenvalue weighted by Gasteiger charge is -2.31. The van der Waals surface area contributed by atoms with E-state index in [1.165, 1.54) is 37.3 Å². The van der Waals surface area contributed by atoms with Crippen LogP contribution < -0.4 is 10.2 Å². The van der Waals surface area contributed by atoms with Crippen LogP contribution in [0.25, 0.3) is 0 Å². The first-order valence-electron chi connectivity index (χ1n) is 12.4. The standard InChI is InChI=1S/C27H24F3N3O6S/c1-15(34)32-17-4-7-19(8-5-17)40(37,38)12-11-26-10-9-25(2,39-26)21-22(26)24(36)33(23(21)35)18-6-3-16(14-31)20(13-18)27(28,29)30/h3-8,13,21-22H,9-12H2,1-2H3,(H,32,34). The average molecular weight is 576 g/mol. The molecule has 0 spiro atoms. The minimum atomic E-state index is -4.88. The minimum absolute atomic E-state index is 0.000946. The molecule has 3 amide bonds. The number of carbonyl (C=O) groups is 3. The Balaban J connectivity index is 1.43. The van der Waals surface area contributed by atoms with E-state index in [1.807, 2.05) is 0 Å². The number of alkyl halides is 3. The van der Waals surface area contributed by atoms with Crippen LogP contribution in [0.5, 0.6) is 0 Å². The van der Waals surface area contributed by atoms with Crippen LogP contribution in [-0.2, 0) is 35.1 Å². The van der Waals surface area contributed by atoms with E-state index in [4.69, 9.17) is 10.00 Å². The Morgan fingerprint density at radius 1 is 1.12 bits per heavy atom. The number of hydrogen-bond donors (Lipinski definition) is 1. The van der Waals surface area contributed by atoms with Crippen LogP contribution in [0, 0.1) is 23.2 Å². The second kappa shape index (κ2) is 9.14. The van der Waals surface area contributed by atoms with Gasteiger partial charge in [0, 0.05) is 12.6 Å². The van der Waals surface area contributed by atoms with E-state index in [0.717, 1.165) is 12.1 Å². The number of anilines is 2. The van der Waals surface area contributed by atoms with Gasteiger partial charge in [-0.1, -0.05) is 0 Å². The van der Waals surface area contributed by atoms with E-state index in [1.54, 1.807) is 6.92 Å². The molecule has 3 saturated heterocycles. The maximum Gasteiger partial charge on any atom is 0.417 e. The lowest BCUT2D eigenvalue weighted by Crippen LogP contribution is -2.43. The number of nitriles is 1. The number of benzene rings is 2. The molecule has 0 saturated carbocycles. The molecule has 0 aromatic heterocycles. The summed E-state index contributed by atoms with van der Waals surface area (Å²) in [5, 5.41) is 11.6. The molecule has 210 valence electrons. The molecular weight excluding hydrogens is 551 g/mol. The van der Waals surface area contributed by atoms with Gasteiger partial charge in [-0.3, -0.25) is 14.4 Å². The summed E-state index contributed by atoms with van der Waals surface area (Å²) in [7, 11) is -3.86. The third kappa shape index (κ3) is 4.35. The van der Waals surface area contributed by atoms with Crippen molar-refractivity contribution in [1.29, 1.82) is 5.26 Å². The van der Waals surface area contributed by atoms with Gasteiger partial charge in [-0.2, -0.15) is 18.4 Å². The average Bonchev–Trinajstić information content (AvgIpc) is 3.46. The van der Waals surface area contributed by atoms with Crippen molar-refractivity contribution >= 4 is 38.9 Å². The molecule has 2 bridgehead atoms. The Bertz CT molecular complexity index is 1580. The molecule has 4 atom stereocenters. The fourth-order valence-corrected chi connectivity index (χ4v) is 7.64. The molecule has 40 heavy (non-hydrogen) atoms. The van der Waals surface area contributed by atoms with Crippen molar-refractivity contribution in [1.82, 2.24) is 0 Å². The van der Waals surface area contributed by atoms with Gasteiger partial charge in [0.2, 0.25) is 17.7 Å². The number of nitrogens with zero attached hydrogens (tertiary/aromatic N) is 2. The van der Waals surface area contributed by atoms with Crippen molar-refractivity contribution in [3.8, 4) is 6.07 Å². The Kier molecular flexibility index (Phi) is 6.35. The molecule has 3 aliphatic rings. The van der Waals surface area contributed by atoms with Crippen LogP contribution in [0.4, 0.5) is 24.5 Å². The van der Waals surface area contributed by atoms with Crippen LogP contribution in [-0.4, -0.2) is 43.1 Å². The lowest BCUT2D eigenvalue weighted by atomic mass is 9.67. The van der Waals surface area contributed by atoms with Crippen molar-refractivity contribution in [3.63, 3.8) is 0 Å². The first-order chi connectivity index (χ1) is 18.6. The highest BCUT2D eigenvalue weighted by Gasteiger charge is 2.74. The first kappa shape index (κ1) is 27.8. The third-order valence-corrected chi connectivity index (χ3v) is 9.76. The van der Waals surface area contributed by atoms with Crippen molar-refractivity contribution in [2.45, 2.75) is 55.4 Å². The highest BCUT2D eigenvalue weighted by atomic mass is 32.2. The Morgan fingerprint density at radius 3 is 2.38 bits per heavy atom. The van der Waals surface area contributed by atoms with E-state index in [2.05, 4.69) is 5.32 Å². The van der Waals surface area contributed by atoms with Crippen LogP contribution in [0.1, 0.15) is 44.2 Å². The number of rotatable bonds is 6. The smallest absolute Gasteiger partial charge is 0.367 e. The van der Waals surface area contributed by atoms with E-state index in [0.29, 0.717) is 29.5 Å². The second-order valence-electron chi connectivity index (χ2n) is 10.6. The molecule has 4 unspecified atom stereocenters. The normalized spacial score (nSPS) is 27.6. The maximum absolute atomic E-state index is 13.7. The number of imide groups is 1. The number of nitrogens with one attached hydrogen (secondary N) is 1. The van der Waals surface area contributed by atoms with Gasteiger partial charge in [0.05, 0.1) is 56.6 Å². The summed E-state index contributed by atoms with van der Waals surface area (Å²) in [6.07, 6.45) is -4.32. The Labute approximate surface area is 227 Å². The number of halogens is 3. The first-order valence-corrected chi connectivity index (χ1v) is 14.1. The molecule has 0 radical (unpaired) electrons. The fourth-order valence-electron chi connectivity index (χ4n) is 6.24. The highest BCUT2D eigenvalue weighted by Crippen LogP contribution is 2.62. The van der Waals surface area contributed by atoms with Gasteiger partial charge in [0.25, 0.3) is 0 Å². The molecule has 0 aliphatic carbocycles. The van der Waals surface area contributed by atoms with Gasteiger partial charge >= 0.3 is 6.18 Å². The highest BCUT2D eigenvalue weighted by molar-refractivity contribution is 7.91. The van der Waals surface area contributed by atoms with Crippen LogP contribution in [0.2, 0.25) is 0 Å². The number of fused-ring (bicyclic) bond motifs is 5. The monoisotopic (exact) mass is 575 g/mol. The fraction of sp³-hybridized carbons (Fsp3) is 0.407. The molecule has 1 N–H and O–H groups in total. The summed E-state index contributed by atoms with van der Waals surface area (Å²) in [4.78, 5) is 39.1. The van der Waals surface area contributed by atoms with E-state index in [-0.39, 0.29) is 22.9 Å². The predicted molar refractivity (Wildman–Crippen MR) is 135 cm³/mol. The van der Waals surface area contributed by atoms with Crippen molar-refractivity contribution < 1.29 is 40.7 Å². The number of carbonyl (C=O) groups excluding carboxylic acids is 3. The molecule has 3 aliphatic heterocycles. The Morgan fingerprint density at radius 2 is 1.77 bits per heavy atom. The predicted octanol–water partition coefficient (Wildman–Crippen LogP) is 3.83. The number of sulfone groups is 1. The third-order valence-electron chi connectivity index (χ3n) is 8.03. The van der Waals surface area contributed by atoms with Crippen molar-refractivity contribution in [3.05, 3.63) is 53.6 Å². The van der Waals surface area contributed by atoms with E-state index >= 15 is 0 Å². The van der Waals surface area contributed by atoms with Crippen molar-refractivity contribution in [2.24, 2.45) is 11.8 Å². The zero-order chi connectivity index (χ0) is 29.3. The molecule has 2 aromatic carbocycles. The Hall–Kier alpha value is -3.76. The van der Waals surface area contributed by atoms with E-state index < -0.39 is 67.7 Å². The summed E-state index contributed by atoms with van der Waals surface area (Å²) in [5.74, 6) is -4.24.